The van der Waals surface area contributed by atoms with E-state index >= 15 is 0 Å². The average molecular weight is 1020 g/mol. The highest BCUT2D eigenvalue weighted by atomic mass is 35.5. The SMILES string of the molecule is CCCC[N+](CCCC)(CCCC)CCCC.CCCC[N+](CCCC)(CCCC)CCCC.O=C(Nc1ccccc1)Nc1cccc2c(=O)c3cccc(NC(=O)Nc4ccccc4)c3[nH]c12.[Cl-].[Cl-]. The van der Waals surface area contributed by atoms with Crippen LogP contribution in [-0.2, 0) is 0 Å². The van der Waals surface area contributed by atoms with Crippen molar-refractivity contribution in [3.05, 3.63) is 107 Å². The topological polar surface area (TPSA) is 115 Å². The molecule has 396 valence electrons. The zero-order valence-corrected chi connectivity index (χ0v) is 46.6. The summed E-state index contributed by atoms with van der Waals surface area (Å²) in [7, 11) is 0. The molecule has 0 unspecified atom stereocenters. The molecule has 0 aliphatic carbocycles. The van der Waals surface area contributed by atoms with Gasteiger partial charge in [0.1, 0.15) is 0 Å². The summed E-state index contributed by atoms with van der Waals surface area (Å²) in [6.07, 6.45) is 22.1. The summed E-state index contributed by atoms with van der Waals surface area (Å²) in [6, 6.07) is 27.4. The summed E-state index contributed by atoms with van der Waals surface area (Å²) in [5.74, 6) is 0. The Morgan fingerprint density at radius 1 is 0.380 bits per heavy atom. The molecule has 0 bridgehead atoms. The number of unbranched alkanes of at least 4 members (excludes halogenated alkanes) is 8. The van der Waals surface area contributed by atoms with Gasteiger partial charge in [0.05, 0.1) is 74.8 Å². The zero-order valence-electron chi connectivity index (χ0n) is 45.1. The number of para-hydroxylation sites is 4. The number of hydrogen-bond acceptors (Lipinski definition) is 3. The second-order valence-corrected chi connectivity index (χ2v) is 19.1. The van der Waals surface area contributed by atoms with E-state index in [4.69, 9.17) is 0 Å². The van der Waals surface area contributed by atoms with E-state index in [1.807, 2.05) is 36.4 Å². The van der Waals surface area contributed by atoms with Gasteiger partial charge >= 0.3 is 12.1 Å². The van der Waals surface area contributed by atoms with Crippen LogP contribution in [-0.4, -0.2) is 78.4 Å². The number of aromatic nitrogens is 1. The average Bonchev–Trinajstić information content (AvgIpc) is 3.37. The first-order valence-electron chi connectivity index (χ1n) is 27.1. The molecule has 0 spiro atoms. The molecular formula is C59H93Cl2N7O3. The number of H-pyrrole nitrogens is 1. The van der Waals surface area contributed by atoms with Crippen molar-refractivity contribution in [3.8, 4) is 0 Å². The fourth-order valence-corrected chi connectivity index (χ4v) is 9.13. The third-order valence-electron chi connectivity index (χ3n) is 13.3. The molecule has 71 heavy (non-hydrogen) atoms. The van der Waals surface area contributed by atoms with Gasteiger partial charge in [-0.05, 0) is 99.9 Å². The van der Waals surface area contributed by atoms with E-state index in [0.717, 1.165) is 0 Å². The third-order valence-corrected chi connectivity index (χ3v) is 13.3. The van der Waals surface area contributed by atoms with Gasteiger partial charge in [-0.2, -0.15) is 0 Å². The van der Waals surface area contributed by atoms with E-state index in [-0.39, 0.29) is 30.2 Å². The molecule has 0 radical (unpaired) electrons. The number of nitrogens with one attached hydrogen (secondary N) is 5. The molecule has 4 aromatic carbocycles. The van der Waals surface area contributed by atoms with E-state index in [1.165, 1.54) is 164 Å². The van der Waals surface area contributed by atoms with Crippen molar-refractivity contribution in [1.82, 2.24) is 4.98 Å². The van der Waals surface area contributed by atoms with Crippen LogP contribution in [0, 0.1) is 0 Å². The minimum atomic E-state index is -0.446. The highest BCUT2D eigenvalue weighted by Gasteiger charge is 2.26. The van der Waals surface area contributed by atoms with Gasteiger partial charge in [0.25, 0.3) is 0 Å². The standard InChI is InChI=1S/C27H21N5O3.2C16H36N.2ClH/c33-25-19-13-7-15-21(30-26(34)28-17-9-3-1-4-10-17)23(19)32-24-20(25)14-8-16-22(24)31-27(35)29-18-11-5-2-6-12-18;2*1-5-9-13-17(14-10-6-2,15-11-7-3)16-12-8-4;;/h1-16H,(H,32,33)(H2,28,30,34)(H2,29,31,35);2*5-16H2,1-4H3;2*1H/q;2*+1;;/p-2. The number of rotatable bonds is 28. The molecule has 1 aromatic heterocycles. The summed E-state index contributed by atoms with van der Waals surface area (Å²) >= 11 is 0. The van der Waals surface area contributed by atoms with Crippen molar-refractivity contribution in [2.75, 3.05) is 73.6 Å². The summed E-state index contributed by atoms with van der Waals surface area (Å²) in [5.41, 5.74) is 2.82. The number of quaternary nitrogens is 2. The number of hydrogen-bond donors (Lipinski definition) is 5. The summed E-state index contributed by atoms with van der Waals surface area (Å²) < 4.78 is 2.84. The summed E-state index contributed by atoms with van der Waals surface area (Å²) in [5, 5.41) is 12.0. The maximum Gasteiger partial charge on any atom is 0.323 e. The number of anilines is 4. The highest BCUT2D eigenvalue weighted by molar-refractivity contribution is 6.10. The van der Waals surface area contributed by atoms with Crippen LogP contribution in [0.15, 0.2) is 102 Å². The fourth-order valence-electron chi connectivity index (χ4n) is 9.13. The van der Waals surface area contributed by atoms with Crippen LogP contribution < -0.4 is 51.5 Å². The molecule has 0 aliphatic rings. The molecule has 0 atom stereocenters. The minimum absolute atomic E-state index is 0. The van der Waals surface area contributed by atoms with Crippen LogP contribution >= 0.6 is 0 Å². The molecule has 5 N–H and O–H groups in total. The van der Waals surface area contributed by atoms with Crippen LogP contribution in [0.1, 0.15) is 158 Å². The van der Waals surface area contributed by atoms with Gasteiger partial charge in [-0.3, -0.25) is 4.79 Å². The molecule has 5 rings (SSSR count). The molecule has 0 saturated heterocycles. The Hall–Kier alpha value is -4.61. The van der Waals surface area contributed by atoms with Gasteiger partial charge in [-0.15, -0.1) is 0 Å². The Morgan fingerprint density at radius 3 is 0.901 bits per heavy atom. The van der Waals surface area contributed by atoms with Crippen LogP contribution in [0.4, 0.5) is 32.3 Å². The molecule has 0 aliphatic heterocycles. The quantitative estimate of drug-likeness (QED) is 0.0254. The monoisotopic (exact) mass is 1020 g/mol. The molecule has 0 fully saturated rings. The van der Waals surface area contributed by atoms with E-state index < -0.39 is 12.1 Å². The largest absolute Gasteiger partial charge is 1.00 e. The Morgan fingerprint density at radius 2 is 0.648 bits per heavy atom. The Bertz CT molecular complexity index is 2010. The second-order valence-electron chi connectivity index (χ2n) is 19.1. The Kier molecular flexibility index (Phi) is 33.7. The number of carbonyl (C=O) groups excluding carboxylic acids is 2. The van der Waals surface area contributed by atoms with Gasteiger partial charge in [-0.1, -0.05) is 155 Å². The highest BCUT2D eigenvalue weighted by Crippen LogP contribution is 2.27. The molecule has 12 heteroatoms. The van der Waals surface area contributed by atoms with Crippen molar-refractivity contribution in [2.45, 2.75) is 158 Å². The number of halogens is 2. The van der Waals surface area contributed by atoms with Crippen LogP contribution in [0.5, 0.6) is 0 Å². The lowest BCUT2D eigenvalue weighted by molar-refractivity contribution is -0.929. The van der Waals surface area contributed by atoms with E-state index in [1.54, 1.807) is 60.7 Å². The fraction of sp³-hybridized carbons (Fsp3) is 0.542. The van der Waals surface area contributed by atoms with Crippen molar-refractivity contribution in [3.63, 3.8) is 0 Å². The van der Waals surface area contributed by atoms with Crippen LogP contribution in [0.2, 0.25) is 0 Å². The van der Waals surface area contributed by atoms with E-state index in [2.05, 4.69) is 81.6 Å². The molecule has 4 amide bonds. The first-order chi connectivity index (χ1) is 33.6. The number of fused-ring (bicyclic) bond motifs is 2. The maximum absolute atomic E-state index is 13.3. The first kappa shape index (κ1) is 64.4. The number of pyridine rings is 1. The predicted octanol–water partition coefficient (Wildman–Crippen LogP) is 9.98. The number of amides is 4. The lowest BCUT2D eigenvalue weighted by Crippen LogP contribution is -3.00. The zero-order chi connectivity index (χ0) is 50.2. The number of aromatic amines is 1. The van der Waals surface area contributed by atoms with Crippen LogP contribution in [0.25, 0.3) is 21.8 Å². The molecule has 5 aromatic rings. The van der Waals surface area contributed by atoms with Gasteiger partial charge < -0.3 is 60.0 Å². The van der Waals surface area contributed by atoms with Gasteiger partial charge in [0.2, 0.25) is 0 Å². The smallest absolute Gasteiger partial charge is 0.323 e. The summed E-state index contributed by atoms with van der Waals surface area (Å²) in [4.78, 5) is 41.7. The lowest BCUT2D eigenvalue weighted by atomic mass is 10.1. The number of benzene rings is 4. The number of urea groups is 2. The van der Waals surface area contributed by atoms with Crippen LogP contribution in [0.3, 0.4) is 0 Å². The van der Waals surface area contributed by atoms with Crippen molar-refractivity contribution >= 4 is 56.6 Å². The number of carbonyl (C=O) groups is 2. The van der Waals surface area contributed by atoms with Crippen molar-refractivity contribution in [2.24, 2.45) is 0 Å². The predicted molar refractivity (Wildman–Crippen MR) is 299 cm³/mol. The Labute approximate surface area is 441 Å². The molecule has 1 heterocycles. The first-order valence-corrected chi connectivity index (χ1v) is 27.1. The third kappa shape index (κ3) is 22.8. The Balaban J connectivity index is 0.000000595. The lowest BCUT2D eigenvalue weighted by Gasteiger charge is -2.39. The minimum Gasteiger partial charge on any atom is -1.00 e. The normalized spacial score (nSPS) is 11.0. The molecule has 10 nitrogen and oxygen atoms in total. The second kappa shape index (κ2) is 37.2. The molecule has 0 saturated carbocycles. The van der Waals surface area contributed by atoms with Gasteiger partial charge in [-0.25, -0.2) is 9.59 Å². The van der Waals surface area contributed by atoms with Crippen molar-refractivity contribution < 1.29 is 43.4 Å². The molecular weight excluding hydrogens is 926 g/mol. The summed E-state index contributed by atoms with van der Waals surface area (Å²) in [6.45, 7) is 30.0. The number of nitrogens with zero attached hydrogens (tertiary/aromatic N) is 2. The van der Waals surface area contributed by atoms with Gasteiger partial charge in [0, 0.05) is 22.1 Å². The van der Waals surface area contributed by atoms with Gasteiger partial charge in [0.15, 0.2) is 5.43 Å². The maximum atomic E-state index is 13.3. The van der Waals surface area contributed by atoms with E-state index in [0.29, 0.717) is 44.6 Å². The van der Waals surface area contributed by atoms with Crippen molar-refractivity contribution in [1.29, 1.82) is 0 Å². The van der Waals surface area contributed by atoms with E-state index in [9.17, 15) is 14.4 Å².